The summed E-state index contributed by atoms with van der Waals surface area (Å²) in [5.41, 5.74) is -0.363. The smallest absolute Gasteiger partial charge is 0.248 e. The van der Waals surface area contributed by atoms with Crippen LogP contribution in [-0.2, 0) is 19.1 Å². The molecule has 3 unspecified atom stereocenters. The van der Waals surface area contributed by atoms with Gasteiger partial charge in [-0.15, -0.1) is 13.2 Å². The normalized spacial score (nSPS) is 28.0. The fourth-order valence-corrected chi connectivity index (χ4v) is 7.86. The number of carbonyl (C=O) groups is 3. The minimum Gasteiger partial charge on any atom is -0.396 e. The zero-order valence-electron chi connectivity index (χ0n) is 24.1. The number of fused-ring (bicyclic) bond motifs is 1. The van der Waals surface area contributed by atoms with Crippen molar-refractivity contribution >= 4 is 39.3 Å². The van der Waals surface area contributed by atoms with E-state index in [2.05, 4.69) is 36.0 Å². The minimum absolute atomic E-state index is 0.0820. The number of anilines is 1. The summed E-state index contributed by atoms with van der Waals surface area (Å²) in [4.78, 5) is 48.0. The summed E-state index contributed by atoms with van der Waals surface area (Å²) in [6, 6.07) is 8.57. The van der Waals surface area contributed by atoms with Crippen molar-refractivity contribution in [2.24, 2.45) is 11.8 Å². The Kier molecular flexibility index (Phi) is 10.8. The highest BCUT2D eigenvalue weighted by molar-refractivity contribution is 9.09. The van der Waals surface area contributed by atoms with E-state index < -0.39 is 29.6 Å². The van der Waals surface area contributed by atoms with Gasteiger partial charge in [0.05, 0.1) is 17.9 Å². The second-order valence-electron chi connectivity index (χ2n) is 11.3. The molecule has 0 aliphatic carbocycles. The average Bonchev–Trinajstić information content (AvgIpc) is 3.56. The van der Waals surface area contributed by atoms with E-state index in [1.165, 1.54) is 0 Å². The van der Waals surface area contributed by atoms with Gasteiger partial charge in [-0.1, -0.05) is 66.0 Å². The Labute approximate surface area is 252 Å². The number of likely N-dealkylation sites (tertiary alicyclic amines) is 1. The van der Waals surface area contributed by atoms with Crippen LogP contribution in [0, 0.1) is 11.8 Å². The van der Waals surface area contributed by atoms with Gasteiger partial charge < -0.3 is 24.5 Å². The van der Waals surface area contributed by atoms with E-state index in [9.17, 15) is 19.5 Å². The van der Waals surface area contributed by atoms with Crippen LogP contribution in [0.25, 0.3) is 0 Å². The summed E-state index contributed by atoms with van der Waals surface area (Å²) < 4.78 is 6.71. The Hall–Kier alpha value is -2.49. The molecular formula is C32H44BrN3O5. The van der Waals surface area contributed by atoms with Crippen molar-refractivity contribution < 1.29 is 24.2 Å². The lowest BCUT2D eigenvalue weighted by Crippen LogP contribution is -2.57. The Morgan fingerprint density at radius 2 is 1.83 bits per heavy atom. The van der Waals surface area contributed by atoms with Gasteiger partial charge >= 0.3 is 0 Å². The summed E-state index contributed by atoms with van der Waals surface area (Å²) in [7, 11) is 0. The third kappa shape index (κ3) is 6.04. The first kappa shape index (κ1) is 31.4. The first-order chi connectivity index (χ1) is 19.9. The Morgan fingerprint density at radius 3 is 2.49 bits per heavy atom. The number of hydrogen-bond donors (Lipinski definition) is 1. The van der Waals surface area contributed by atoms with E-state index in [4.69, 9.17) is 4.74 Å². The molecule has 8 nitrogen and oxygen atoms in total. The fourth-order valence-electron chi connectivity index (χ4n) is 6.91. The maximum Gasteiger partial charge on any atom is 0.248 e. The second-order valence-corrected chi connectivity index (χ2v) is 12.5. The molecule has 3 aliphatic heterocycles. The lowest BCUT2D eigenvalue weighted by Gasteiger charge is -2.37. The molecule has 9 heteroatoms. The van der Waals surface area contributed by atoms with Crippen LogP contribution in [0.15, 0.2) is 55.6 Å². The summed E-state index contributed by atoms with van der Waals surface area (Å²) in [6.45, 7) is 11.6. The number of halogens is 1. The molecule has 0 aromatic heterocycles. The molecule has 3 saturated heterocycles. The lowest BCUT2D eigenvalue weighted by molar-refractivity contribution is -0.147. The molecule has 2 bridgehead atoms. The highest BCUT2D eigenvalue weighted by atomic mass is 79.9. The van der Waals surface area contributed by atoms with E-state index in [1.807, 2.05) is 30.3 Å². The number of aliphatic hydroxyl groups excluding tert-OH is 1. The molecule has 0 saturated carbocycles. The van der Waals surface area contributed by atoms with Crippen LogP contribution in [-0.4, -0.2) is 88.0 Å². The molecule has 3 heterocycles. The molecule has 224 valence electrons. The van der Waals surface area contributed by atoms with Crippen molar-refractivity contribution in [2.75, 3.05) is 37.7 Å². The average molecular weight is 631 g/mol. The van der Waals surface area contributed by atoms with Crippen molar-refractivity contribution in [2.45, 2.75) is 74.4 Å². The number of nitrogens with zero attached hydrogens (tertiary/aromatic N) is 3. The van der Waals surface area contributed by atoms with Crippen LogP contribution < -0.4 is 4.90 Å². The van der Waals surface area contributed by atoms with Gasteiger partial charge in [0.2, 0.25) is 17.7 Å². The van der Waals surface area contributed by atoms with Crippen LogP contribution in [0.2, 0.25) is 0 Å². The zero-order valence-corrected chi connectivity index (χ0v) is 25.7. The van der Waals surface area contributed by atoms with Crippen molar-refractivity contribution in [3.63, 3.8) is 0 Å². The SMILES string of the molecule is C=CCN(CCCCC)C(=O)C1N(CCCCCO)C(=O)[C@@H]2[C@H](C(=O)N(CC=C)c3ccccc3)[C@H]3OC12CC3Br. The van der Waals surface area contributed by atoms with Crippen LogP contribution in [0.4, 0.5) is 5.69 Å². The largest absolute Gasteiger partial charge is 0.396 e. The standard InChI is InChI=1S/C32H44BrN3O5/c1-4-7-12-19-34(17-5-2)31(40)28-32-22-24(33)27(41-32)25(26(32)30(39)36(28)20-13-9-14-21-37)29(38)35(18-6-3)23-15-10-8-11-16-23/h5-6,8,10-11,15-16,24-28,37H,2-4,7,9,12-14,17-22H2,1H3/t24?,25-,26-,27-,28?,32?/m0/s1. The molecule has 3 fully saturated rings. The van der Waals surface area contributed by atoms with Crippen LogP contribution in [0.3, 0.4) is 0 Å². The third-order valence-corrected chi connectivity index (χ3v) is 9.55. The van der Waals surface area contributed by atoms with Crippen molar-refractivity contribution in [1.29, 1.82) is 0 Å². The van der Waals surface area contributed by atoms with E-state index in [-0.39, 0.29) is 29.2 Å². The molecule has 3 amide bonds. The summed E-state index contributed by atoms with van der Waals surface area (Å²) in [6.07, 6.45) is 8.28. The summed E-state index contributed by atoms with van der Waals surface area (Å²) in [5, 5.41) is 9.29. The number of carbonyl (C=O) groups excluding carboxylic acids is 3. The number of rotatable bonds is 16. The monoisotopic (exact) mass is 629 g/mol. The fraction of sp³-hybridized carbons (Fsp3) is 0.594. The van der Waals surface area contributed by atoms with E-state index >= 15 is 0 Å². The van der Waals surface area contributed by atoms with Gasteiger partial charge in [0.25, 0.3) is 0 Å². The van der Waals surface area contributed by atoms with Gasteiger partial charge in [-0.2, -0.15) is 0 Å². The number of amides is 3. The number of para-hydroxylation sites is 1. The summed E-state index contributed by atoms with van der Waals surface area (Å²) in [5.74, 6) is -2.00. The van der Waals surface area contributed by atoms with E-state index in [1.54, 1.807) is 26.9 Å². The van der Waals surface area contributed by atoms with Gasteiger partial charge in [-0.25, -0.2) is 0 Å². The van der Waals surface area contributed by atoms with Crippen molar-refractivity contribution in [3.8, 4) is 0 Å². The van der Waals surface area contributed by atoms with Gasteiger partial charge in [0.15, 0.2) is 0 Å². The molecule has 3 aliphatic rings. The Bertz CT molecular complexity index is 1100. The van der Waals surface area contributed by atoms with Crippen LogP contribution in [0.1, 0.15) is 51.9 Å². The van der Waals surface area contributed by atoms with E-state index in [0.717, 1.165) is 31.4 Å². The Morgan fingerprint density at radius 1 is 1.10 bits per heavy atom. The molecule has 0 radical (unpaired) electrons. The van der Waals surface area contributed by atoms with Gasteiger partial charge in [-0.3, -0.25) is 14.4 Å². The maximum atomic E-state index is 14.4. The summed E-state index contributed by atoms with van der Waals surface area (Å²) >= 11 is 3.77. The maximum absolute atomic E-state index is 14.4. The molecule has 1 aromatic carbocycles. The van der Waals surface area contributed by atoms with Crippen molar-refractivity contribution in [1.82, 2.24) is 9.80 Å². The molecule has 4 rings (SSSR count). The number of aliphatic hydroxyl groups is 1. The molecule has 1 aromatic rings. The number of alkyl halides is 1. The highest BCUT2D eigenvalue weighted by Gasteiger charge is 2.76. The van der Waals surface area contributed by atoms with Gasteiger partial charge in [0.1, 0.15) is 11.6 Å². The van der Waals surface area contributed by atoms with Gasteiger partial charge in [-0.05, 0) is 44.2 Å². The predicted molar refractivity (Wildman–Crippen MR) is 164 cm³/mol. The van der Waals surface area contributed by atoms with Gasteiger partial charge in [0, 0.05) is 43.3 Å². The zero-order chi connectivity index (χ0) is 29.6. The number of unbranched alkanes of at least 4 members (excludes halogenated alkanes) is 4. The van der Waals surface area contributed by atoms with E-state index in [0.29, 0.717) is 45.4 Å². The quantitative estimate of drug-likeness (QED) is 0.167. The topological polar surface area (TPSA) is 90.4 Å². The number of benzene rings is 1. The van der Waals surface area contributed by atoms with Crippen LogP contribution >= 0.6 is 15.9 Å². The minimum atomic E-state index is -1.09. The molecule has 41 heavy (non-hydrogen) atoms. The Balaban J connectivity index is 1.72. The molecule has 1 spiro atoms. The van der Waals surface area contributed by atoms with Crippen molar-refractivity contribution in [3.05, 3.63) is 55.6 Å². The van der Waals surface area contributed by atoms with Crippen LogP contribution in [0.5, 0.6) is 0 Å². The molecular weight excluding hydrogens is 586 g/mol. The third-order valence-electron chi connectivity index (χ3n) is 8.70. The first-order valence-electron chi connectivity index (χ1n) is 15.0. The molecule has 1 N–H and O–H groups in total. The predicted octanol–water partition coefficient (Wildman–Crippen LogP) is 4.32. The number of hydrogen-bond acceptors (Lipinski definition) is 5. The number of ether oxygens (including phenoxy) is 1. The lowest BCUT2D eigenvalue weighted by atomic mass is 9.70. The molecule has 6 atom stereocenters. The first-order valence-corrected chi connectivity index (χ1v) is 15.9. The highest BCUT2D eigenvalue weighted by Crippen LogP contribution is 2.60. The second kappa shape index (κ2) is 14.1.